The molecule has 0 atom stereocenters. The molecule has 0 spiro atoms. The molecule has 2 heterocycles. The average Bonchev–Trinajstić information content (AvgIpc) is 3.21. The summed E-state index contributed by atoms with van der Waals surface area (Å²) in [5.41, 5.74) is 5.63. The topological polar surface area (TPSA) is 66.2 Å². The minimum Gasteiger partial charge on any atom is -0.455 e. The summed E-state index contributed by atoms with van der Waals surface area (Å²) >= 11 is 6.00. The van der Waals surface area contributed by atoms with Crippen molar-refractivity contribution in [3.8, 4) is 11.3 Å². The fourth-order valence-electron chi connectivity index (χ4n) is 2.38. The number of furan rings is 1. The van der Waals surface area contributed by atoms with E-state index in [1.165, 1.54) is 0 Å². The van der Waals surface area contributed by atoms with Gasteiger partial charge >= 0.3 is 0 Å². The number of hydrogen-bond donors (Lipinski definition) is 2. The molecule has 0 fully saturated rings. The first-order chi connectivity index (χ1) is 11.8. The molecule has 0 saturated heterocycles. The zero-order valence-corrected chi connectivity index (χ0v) is 14.5. The van der Waals surface area contributed by atoms with Gasteiger partial charge in [0.1, 0.15) is 11.5 Å². The van der Waals surface area contributed by atoms with E-state index < -0.39 is 0 Å². The van der Waals surface area contributed by atoms with Gasteiger partial charge in [0.2, 0.25) is 5.95 Å². The molecule has 0 aliphatic rings. The van der Waals surface area contributed by atoms with Crippen molar-refractivity contribution in [2.45, 2.75) is 0 Å². The fourth-order valence-corrected chi connectivity index (χ4v) is 2.57. The Morgan fingerprint density at radius 3 is 2.80 bits per heavy atom. The van der Waals surface area contributed by atoms with E-state index in [2.05, 4.69) is 20.5 Å². The number of H-pyrrole nitrogens is 1. The summed E-state index contributed by atoms with van der Waals surface area (Å²) in [5, 5.41) is 4.82. The lowest BCUT2D eigenvalue weighted by Crippen LogP contribution is -1.91. The first-order valence-electron chi connectivity index (χ1n) is 7.37. The van der Waals surface area contributed by atoms with Crippen LogP contribution in [0.4, 0.5) is 5.95 Å². The van der Waals surface area contributed by atoms with Gasteiger partial charge in [0.05, 0.1) is 17.2 Å². The van der Waals surface area contributed by atoms with Crippen LogP contribution in [0.2, 0.25) is 5.02 Å². The summed E-state index contributed by atoms with van der Waals surface area (Å²) in [6, 6.07) is 19.0. The summed E-state index contributed by atoms with van der Waals surface area (Å²) < 4.78 is 5.74. The number of aromatic amines is 1. The van der Waals surface area contributed by atoms with Crippen LogP contribution in [0.15, 0.2) is 70.2 Å². The first-order valence-corrected chi connectivity index (χ1v) is 7.75. The van der Waals surface area contributed by atoms with Crippen LogP contribution in [0.3, 0.4) is 0 Å². The lowest BCUT2D eigenvalue weighted by atomic mass is 10.2. The Morgan fingerprint density at radius 1 is 1.08 bits per heavy atom. The number of rotatable bonds is 4. The van der Waals surface area contributed by atoms with Gasteiger partial charge in [0, 0.05) is 10.6 Å². The summed E-state index contributed by atoms with van der Waals surface area (Å²) in [4.78, 5) is 7.52. The molecule has 4 aromatic rings. The highest BCUT2D eigenvalue weighted by Gasteiger charge is 2.04. The third-order valence-corrected chi connectivity index (χ3v) is 3.72. The van der Waals surface area contributed by atoms with Gasteiger partial charge in [-0.25, -0.2) is 10.4 Å². The lowest BCUT2D eigenvalue weighted by molar-refractivity contribution is 0.575. The Labute approximate surface area is 155 Å². The molecule has 2 N–H and O–H groups in total. The van der Waals surface area contributed by atoms with E-state index in [0.29, 0.717) is 16.7 Å². The van der Waals surface area contributed by atoms with Crippen LogP contribution in [0, 0.1) is 0 Å². The second-order valence-corrected chi connectivity index (χ2v) is 5.62. The van der Waals surface area contributed by atoms with Crippen LogP contribution in [-0.4, -0.2) is 16.2 Å². The summed E-state index contributed by atoms with van der Waals surface area (Å²) in [5.74, 6) is 1.95. The number of hydrazone groups is 1. The molecule has 0 aliphatic carbocycles. The number of aromatic nitrogens is 2. The van der Waals surface area contributed by atoms with Crippen LogP contribution in [0.5, 0.6) is 0 Å². The molecule has 5 nitrogen and oxygen atoms in total. The molecule has 2 aromatic heterocycles. The van der Waals surface area contributed by atoms with E-state index >= 15 is 0 Å². The third kappa shape index (κ3) is 3.84. The van der Waals surface area contributed by atoms with Crippen LogP contribution >= 0.6 is 24.0 Å². The standard InChI is InChI=1S/C18H13ClN4O.ClH/c19-13-5-3-4-12(10-13)17-9-8-14(24-17)11-20-23-18-21-15-6-1-2-7-16(15)22-18;/h1-11H,(H2,21,22,23);1H/b20-11+;. The minimum atomic E-state index is 0. The van der Waals surface area contributed by atoms with E-state index in [0.717, 1.165) is 22.4 Å². The number of halogens is 2. The highest BCUT2D eigenvalue weighted by molar-refractivity contribution is 6.30. The van der Waals surface area contributed by atoms with Crippen molar-refractivity contribution in [3.05, 3.63) is 71.4 Å². The average molecular weight is 373 g/mol. The number of benzene rings is 2. The monoisotopic (exact) mass is 372 g/mol. The highest BCUT2D eigenvalue weighted by atomic mass is 35.5. The number of nitrogens with zero attached hydrogens (tertiary/aromatic N) is 2. The predicted molar refractivity (Wildman–Crippen MR) is 104 cm³/mol. The second kappa shape index (κ2) is 7.42. The number of anilines is 1. The van der Waals surface area contributed by atoms with Crippen LogP contribution in [-0.2, 0) is 0 Å². The molecule has 0 unspecified atom stereocenters. The van der Waals surface area contributed by atoms with Gasteiger partial charge in [-0.1, -0.05) is 35.9 Å². The third-order valence-electron chi connectivity index (χ3n) is 3.49. The molecule has 0 amide bonds. The van der Waals surface area contributed by atoms with Gasteiger partial charge in [-0.3, -0.25) is 0 Å². The Kier molecular flexibility index (Phi) is 5.07. The zero-order valence-electron chi connectivity index (χ0n) is 12.9. The Bertz CT molecular complexity index is 990. The van der Waals surface area contributed by atoms with Crippen molar-refractivity contribution < 1.29 is 4.42 Å². The van der Waals surface area contributed by atoms with Crippen molar-refractivity contribution >= 4 is 47.2 Å². The number of imidazole rings is 1. The predicted octanol–water partition coefficient (Wildman–Crippen LogP) is 5.34. The highest BCUT2D eigenvalue weighted by Crippen LogP contribution is 2.24. The Hall–Kier alpha value is -2.76. The first kappa shape index (κ1) is 17.1. The summed E-state index contributed by atoms with van der Waals surface area (Å²) in [6.45, 7) is 0. The van der Waals surface area contributed by atoms with Crippen LogP contribution in [0.25, 0.3) is 22.4 Å². The van der Waals surface area contributed by atoms with E-state index in [4.69, 9.17) is 16.0 Å². The lowest BCUT2D eigenvalue weighted by Gasteiger charge is -1.97. The van der Waals surface area contributed by atoms with Gasteiger partial charge in [0.25, 0.3) is 0 Å². The van der Waals surface area contributed by atoms with E-state index in [1.54, 1.807) is 6.21 Å². The molecule has 0 saturated carbocycles. The zero-order chi connectivity index (χ0) is 16.4. The van der Waals surface area contributed by atoms with Crippen LogP contribution in [0.1, 0.15) is 5.76 Å². The smallest absolute Gasteiger partial charge is 0.222 e. The largest absolute Gasteiger partial charge is 0.455 e. The van der Waals surface area contributed by atoms with Crippen molar-refractivity contribution in [1.29, 1.82) is 0 Å². The normalized spacial score (nSPS) is 10.9. The molecule has 25 heavy (non-hydrogen) atoms. The SMILES string of the molecule is Cl.Clc1cccc(-c2ccc(/C=N/Nc3nc4ccccc4[nH]3)o2)c1. The fraction of sp³-hybridized carbons (Fsp3) is 0. The molecule has 0 bridgehead atoms. The Morgan fingerprint density at radius 2 is 1.96 bits per heavy atom. The number of fused-ring (bicyclic) bond motifs is 1. The number of hydrogen-bond acceptors (Lipinski definition) is 4. The molecule has 4 rings (SSSR count). The van der Waals surface area contributed by atoms with Gasteiger partial charge in [0.15, 0.2) is 0 Å². The van der Waals surface area contributed by atoms with Gasteiger partial charge in [-0.2, -0.15) is 5.10 Å². The Balaban J connectivity index is 0.00000182. The molecule has 0 radical (unpaired) electrons. The maximum absolute atomic E-state index is 6.00. The van der Waals surface area contributed by atoms with Crippen molar-refractivity contribution in [3.63, 3.8) is 0 Å². The van der Waals surface area contributed by atoms with E-state index in [9.17, 15) is 0 Å². The summed E-state index contributed by atoms with van der Waals surface area (Å²) in [6.07, 6.45) is 1.60. The molecular formula is C18H14Cl2N4O. The van der Waals surface area contributed by atoms with Gasteiger partial charge in [-0.15, -0.1) is 12.4 Å². The maximum atomic E-state index is 6.00. The van der Waals surface area contributed by atoms with Crippen LogP contribution < -0.4 is 5.43 Å². The second-order valence-electron chi connectivity index (χ2n) is 5.18. The molecular weight excluding hydrogens is 359 g/mol. The molecule has 2 aromatic carbocycles. The maximum Gasteiger partial charge on any atom is 0.222 e. The number of nitrogens with one attached hydrogen (secondary N) is 2. The molecule has 7 heteroatoms. The molecule has 0 aliphatic heterocycles. The van der Waals surface area contributed by atoms with Gasteiger partial charge in [-0.05, 0) is 36.4 Å². The summed E-state index contributed by atoms with van der Waals surface area (Å²) in [7, 11) is 0. The number of para-hydroxylation sites is 2. The minimum absolute atomic E-state index is 0. The quantitative estimate of drug-likeness (QED) is 0.375. The van der Waals surface area contributed by atoms with Gasteiger partial charge < -0.3 is 9.40 Å². The van der Waals surface area contributed by atoms with Crippen molar-refractivity contribution in [2.24, 2.45) is 5.10 Å². The van der Waals surface area contributed by atoms with Crippen molar-refractivity contribution in [1.82, 2.24) is 9.97 Å². The van der Waals surface area contributed by atoms with E-state index in [1.807, 2.05) is 60.7 Å². The molecule has 126 valence electrons. The van der Waals surface area contributed by atoms with E-state index in [-0.39, 0.29) is 12.4 Å². The van der Waals surface area contributed by atoms with Crippen molar-refractivity contribution in [2.75, 3.05) is 5.43 Å².